The van der Waals surface area contributed by atoms with Crippen molar-refractivity contribution in [1.29, 1.82) is 0 Å². The van der Waals surface area contributed by atoms with Crippen LogP contribution in [-0.4, -0.2) is 43.3 Å². The van der Waals surface area contributed by atoms with Crippen LogP contribution in [0.15, 0.2) is 36.4 Å². The van der Waals surface area contributed by atoms with Crippen molar-refractivity contribution >= 4 is 22.4 Å². The summed E-state index contributed by atoms with van der Waals surface area (Å²) in [4.78, 5) is 2.40. The molecule has 0 aliphatic carbocycles. The summed E-state index contributed by atoms with van der Waals surface area (Å²) >= 11 is 6.24. The highest BCUT2D eigenvalue weighted by Gasteiger charge is 2.21. The van der Waals surface area contributed by atoms with Gasteiger partial charge in [0.15, 0.2) is 0 Å². The molecule has 2 aromatic carbocycles. The molecule has 118 valence electrons. The topological polar surface area (TPSA) is 21.7 Å². The van der Waals surface area contributed by atoms with Gasteiger partial charge >= 0.3 is 0 Å². The molecule has 3 nitrogen and oxygen atoms in total. The quantitative estimate of drug-likeness (QED) is 0.850. The van der Waals surface area contributed by atoms with Crippen molar-refractivity contribution in [2.24, 2.45) is 0 Å². The molecule has 1 aliphatic heterocycles. The number of hydrogen-bond acceptors (Lipinski definition) is 3. The zero-order valence-corrected chi connectivity index (χ0v) is 13.8. The van der Waals surface area contributed by atoms with Crippen molar-refractivity contribution in [2.45, 2.75) is 26.1 Å². The molecule has 22 heavy (non-hydrogen) atoms. The highest BCUT2D eigenvalue weighted by atomic mass is 35.5. The highest BCUT2D eigenvalue weighted by molar-refractivity contribution is 6.35. The fraction of sp³-hybridized carbons (Fsp3) is 0.444. The first-order valence-electron chi connectivity index (χ1n) is 7.81. The summed E-state index contributed by atoms with van der Waals surface area (Å²) in [5.74, 6) is 0.898. The van der Waals surface area contributed by atoms with E-state index in [4.69, 9.17) is 21.1 Å². The number of halogens is 1. The second kappa shape index (κ2) is 6.86. The standard InChI is InChI=1S/C18H22ClNO2/c1-13-11-20(12-14(2)22-13)9-10-21-18-8-7-17(19)15-5-3-4-6-16(15)18/h3-8,13-14H,9-12H2,1-2H3/t13-,14+. The zero-order chi connectivity index (χ0) is 15.5. The van der Waals surface area contributed by atoms with E-state index in [9.17, 15) is 0 Å². The number of fused-ring (bicyclic) bond motifs is 1. The first kappa shape index (κ1) is 15.6. The molecule has 3 rings (SSSR count). The number of ether oxygens (including phenoxy) is 2. The molecule has 1 aliphatic rings. The normalized spacial score (nSPS) is 22.9. The van der Waals surface area contributed by atoms with Crippen LogP contribution < -0.4 is 4.74 Å². The third-order valence-corrected chi connectivity index (χ3v) is 4.32. The Morgan fingerprint density at radius 3 is 2.50 bits per heavy atom. The maximum absolute atomic E-state index is 6.24. The zero-order valence-electron chi connectivity index (χ0n) is 13.1. The van der Waals surface area contributed by atoms with Crippen molar-refractivity contribution in [3.8, 4) is 5.75 Å². The molecule has 0 amide bonds. The lowest BCUT2D eigenvalue weighted by Gasteiger charge is -2.35. The molecule has 0 aromatic heterocycles. The minimum atomic E-state index is 0.292. The first-order chi connectivity index (χ1) is 10.6. The maximum atomic E-state index is 6.24. The summed E-state index contributed by atoms with van der Waals surface area (Å²) in [6, 6.07) is 11.9. The van der Waals surface area contributed by atoms with E-state index < -0.39 is 0 Å². The van der Waals surface area contributed by atoms with E-state index in [2.05, 4.69) is 24.8 Å². The van der Waals surface area contributed by atoms with Gasteiger partial charge in [-0.1, -0.05) is 35.9 Å². The number of rotatable bonds is 4. The molecular formula is C18H22ClNO2. The lowest BCUT2D eigenvalue weighted by atomic mass is 10.1. The second-order valence-electron chi connectivity index (χ2n) is 5.96. The highest BCUT2D eigenvalue weighted by Crippen LogP contribution is 2.31. The molecule has 1 saturated heterocycles. The van der Waals surface area contributed by atoms with Gasteiger partial charge < -0.3 is 9.47 Å². The summed E-state index contributed by atoms with van der Waals surface area (Å²) in [7, 11) is 0. The number of nitrogens with zero attached hydrogens (tertiary/aromatic N) is 1. The molecule has 0 N–H and O–H groups in total. The molecule has 2 aromatic rings. The maximum Gasteiger partial charge on any atom is 0.127 e. The molecule has 0 radical (unpaired) electrons. The van der Waals surface area contributed by atoms with Gasteiger partial charge in [0.2, 0.25) is 0 Å². The average Bonchev–Trinajstić information content (AvgIpc) is 2.49. The van der Waals surface area contributed by atoms with E-state index in [0.717, 1.165) is 41.2 Å². The van der Waals surface area contributed by atoms with Crippen molar-refractivity contribution in [2.75, 3.05) is 26.2 Å². The van der Waals surface area contributed by atoms with Gasteiger partial charge in [-0.05, 0) is 26.0 Å². The van der Waals surface area contributed by atoms with E-state index in [-0.39, 0.29) is 0 Å². The van der Waals surface area contributed by atoms with Gasteiger partial charge in [0, 0.05) is 35.4 Å². The van der Waals surface area contributed by atoms with Crippen molar-refractivity contribution in [3.05, 3.63) is 41.4 Å². The van der Waals surface area contributed by atoms with Gasteiger partial charge in [0.05, 0.1) is 12.2 Å². The molecule has 1 heterocycles. The Labute approximate surface area is 136 Å². The predicted molar refractivity (Wildman–Crippen MR) is 90.9 cm³/mol. The molecule has 0 unspecified atom stereocenters. The molecular weight excluding hydrogens is 298 g/mol. The summed E-state index contributed by atoms with van der Waals surface area (Å²) < 4.78 is 11.8. The second-order valence-corrected chi connectivity index (χ2v) is 6.36. The fourth-order valence-electron chi connectivity index (χ4n) is 3.11. The molecule has 2 atom stereocenters. The largest absolute Gasteiger partial charge is 0.492 e. The van der Waals surface area contributed by atoms with Gasteiger partial charge in [0.1, 0.15) is 12.4 Å². The van der Waals surface area contributed by atoms with Gasteiger partial charge in [0.25, 0.3) is 0 Å². The van der Waals surface area contributed by atoms with E-state index in [1.807, 2.05) is 30.3 Å². The predicted octanol–water partition coefficient (Wildman–Crippen LogP) is 3.98. The van der Waals surface area contributed by atoms with Crippen LogP contribution in [0.2, 0.25) is 5.02 Å². The van der Waals surface area contributed by atoms with E-state index in [0.29, 0.717) is 18.8 Å². The van der Waals surface area contributed by atoms with Crippen LogP contribution >= 0.6 is 11.6 Å². The third kappa shape index (κ3) is 3.54. The Kier molecular flexibility index (Phi) is 4.87. The molecule has 1 fully saturated rings. The number of hydrogen-bond donors (Lipinski definition) is 0. The minimum absolute atomic E-state index is 0.292. The van der Waals surface area contributed by atoms with Crippen LogP contribution in [0.3, 0.4) is 0 Å². The Hall–Kier alpha value is -1.29. The smallest absolute Gasteiger partial charge is 0.127 e. The SMILES string of the molecule is C[C@@H]1CN(CCOc2ccc(Cl)c3ccccc23)C[C@H](C)O1. The summed E-state index contributed by atoms with van der Waals surface area (Å²) in [5, 5.41) is 2.87. The fourth-order valence-corrected chi connectivity index (χ4v) is 3.34. The Morgan fingerprint density at radius 2 is 1.77 bits per heavy atom. The number of morpholine rings is 1. The first-order valence-corrected chi connectivity index (χ1v) is 8.19. The molecule has 0 spiro atoms. The van der Waals surface area contributed by atoms with Gasteiger partial charge in [-0.2, -0.15) is 0 Å². The van der Waals surface area contributed by atoms with E-state index in [1.54, 1.807) is 0 Å². The molecule has 0 bridgehead atoms. The summed E-state index contributed by atoms with van der Waals surface area (Å²) in [5.41, 5.74) is 0. The lowest BCUT2D eigenvalue weighted by Crippen LogP contribution is -2.46. The monoisotopic (exact) mass is 319 g/mol. The van der Waals surface area contributed by atoms with Crippen LogP contribution in [0.25, 0.3) is 10.8 Å². The van der Waals surface area contributed by atoms with Gasteiger partial charge in [-0.15, -0.1) is 0 Å². The van der Waals surface area contributed by atoms with Crippen molar-refractivity contribution in [1.82, 2.24) is 4.90 Å². The Morgan fingerprint density at radius 1 is 1.09 bits per heavy atom. The molecule has 4 heteroatoms. The minimum Gasteiger partial charge on any atom is -0.492 e. The van der Waals surface area contributed by atoms with E-state index in [1.165, 1.54) is 0 Å². The summed E-state index contributed by atoms with van der Waals surface area (Å²) in [6.45, 7) is 7.76. The summed E-state index contributed by atoms with van der Waals surface area (Å²) in [6.07, 6.45) is 0.584. The van der Waals surface area contributed by atoms with Crippen molar-refractivity contribution in [3.63, 3.8) is 0 Å². The Balaban J connectivity index is 1.64. The Bertz CT molecular complexity index is 636. The molecule has 0 saturated carbocycles. The number of benzene rings is 2. The van der Waals surface area contributed by atoms with Crippen LogP contribution in [0.4, 0.5) is 0 Å². The van der Waals surface area contributed by atoms with E-state index >= 15 is 0 Å². The van der Waals surface area contributed by atoms with Gasteiger partial charge in [-0.25, -0.2) is 0 Å². The van der Waals surface area contributed by atoms with Crippen LogP contribution in [0.1, 0.15) is 13.8 Å². The average molecular weight is 320 g/mol. The van der Waals surface area contributed by atoms with Crippen LogP contribution in [0.5, 0.6) is 5.75 Å². The third-order valence-electron chi connectivity index (χ3n) is 3.99. The lowest BCUT2D eigenvalue weighted by molar-refractivity contribution is -0.0699. The van der Waals surface area contributed by atoms with Crippen LogP contribution in [0, 0.1) is 0 Å². The van der Waals surface area contributed by atoms with Gasteiger partial charge in [-0.3, -0.25) is 4.90 Å². The van der Waals surface area contributed by atoms with Crippen molar-refractivity contribution < 1.29 is 9.47 Å². The van der Waals surface area contributed by atoms with Crippen LogP contribution in [-0.2, 0) is 4.74 Å².